The van der Waals surface area contributed by atoms with Gasteiger partial charge in [0.05, 0.1) is 23.1 Å². The highest BCUT2D eigenvalue weighted by Gasteiger charge is 2.40. The molecule has 1 aliphatic rings. The van der Waals surface area contributed by atoms with Crippen molar-refractivity contribution in [1.82, 2.24) is 10.6 Å². The zero-order valence-corrected chi connectivity index (χ0v) is 17.9. The summed E-state index contributed by atoms with van der Waals surface area (Å²) in [4.78, 5) is 48.1. The molecule has 162 valence electrons. The number of benzene rings is 1. The van der Waals surface area contributed by atoms with Gasteiger partial charge in [-0.1, -0.05) is 37.0 Å². The molecule has 0 saturated carbocycles. The molecule has 0 radical (unpaired) electrons. The number of hydrogen-bond acceptors (Lipinski definition) is 7. The predicted octanol–water partition coefficient (Wildman–Crippen LogP) is 1.40. The van der Waals surface area contributed by atoms with Crippen LogP contribution in [0.3, 0.4) is 0 Å². The third kappa shape index (κ3) is 7.51. The Labute approximate surface area is 183 Å². The molecule has 12 heteroatoms. The SMILES string of the molecule is CC(C)C[C@H](NC(=O)CNC(=O)c1cc(Cl)ccc1Cl)B1OC(=O)COCC(=O)O1. The molecule has 0 aliphatic carbocycles. The largest absolute Gasteiger partial charge is 0.622 e. The Bertz CT molecular complexity index is 804. The average Bonchev–Trinajstić information content (AvgIpc) is 2.65. The summed E-state index contributed by atoms with van der Waals surface area (Å²) in [5.41, 5.74) is 0.124. The van der Waals surface area contributed by atoms with E-state index in [1.807, 2.05) is 13.8 Å². The fraction of sp³-hybridized carbons (Fsp3) is 0.444. The number of rotatable bonds is 7. The molecule has 1 aromatic rings. The molecule has 1 heterocycles. The van der Waals surface area contributed by atoms with Crippen LogP contribution in [0.2, 0.25) is 10.0 Å². The van der Waals surface area contributed by atoms with Crippen LogP contribution in [0, 0.1) is 5.92 Å². The van der Waals surface area contributed by atoms with E-state index in [4.69, 9.17) is 37.2 Å². The van der Waals surface area contributed by atoms with Crippen molar-refractivity contribution in [3.05, 3.63) is 33.8 Å². The van der Waals surface area contributed by atoms with Crippen LogP contribution in [0.1, 0.15) is 30.6 Å². The van der Waals surface area contributed by atoms with Gasteiger partial charge >= 0.3 is 19.1 Å². The second kappa shape index (κ2) is 11.2. The summed E-state index contributed by atoms with van der Waals surface area (Å²) in [6.07, 6.45) is 0.353. The Balaban J connectivity index is 2.01. The van der Waals surface area contributed by atoms with Gasteiger partial charge in [-0.05, 0) is 30.5 Å². The standard InChI is InChI=1S/C18H21BCl2N2O7/c1-10(2)5-14(19-29-16(25)8-28-9-17(26)30-19)23-15(24)7-22-18(27)12-6-11(20)3-4-13(12)21/h3-4,6,10,14H,5,7-9H2,1-2H3,(H,22,27)(H,23,24)/t14-/m0/s1. The Morgan fingerprint density at radius 1 is 1.13 bits per heavy atom. The van der Waals surface area contributed by atoms with Crippen molar-refractivity contribution in [2.45, 2.75) is 26.2 Å². The molecular weight excluding hydrogens is 438 g/mol. The minimum absolute atomic E-state index is 0.0780. The zero-order chi connectivity index (χ0) is 22.3. The fourth-order valence-electron chi connectivity index (χ4n) is 2.66. The summed E-state index contributed by atoms with van der Waals surface area (Å²) in [5, 5.41) is 5.58. The monoisotopic (exact) mass is 458 g/mol. The van der Waals surface area contributed by atoms with Crippen LogP contribution in [0.5, 0.6) is 0 Å². The topological polar surface area (TPSA) is 120 Å². The number of carbonyl (C=O) groups is 4. The fourth-order valence-corrected chi connectivity index (χ4v) is 3.04. The summed E-state index contributed by atoms with van der Waals surface area (Å²) in [6, 6.07) is 4.39. The molecule has 0 bridgehead atoms. The van der Waals surface area contributed by atoms with Gasteiger partial charge in [0.25, 0.3) is 5.91 Å². The van der Waals surface area contributed by atoms with E-state index in [0.717, 1.165) is 0 Å². The highest BCUT2D eigenvalue weighted by Crippen LogP contribution is 2.20. The second-order valence-corrected chi connectivity index (χ2v) is 7.79. The second-order valence-electron chi connectivity index (χ2n) is 6.95. The van der Waals surface area contributed by atoms with E-state index < -0.39 is 50.0 Å². The van der Waals surface area contributed by atoms with Crippen LogP contribution in [0.4, 0.5) is 0 Å². The van der Waals surface area contributed by atoms with Gasteiger partial charge < -0.3 is 24.7 Å². The molecular formula is C18H21BCl2N2O7. The van der Waals surface area contributed by atoms with Gasteiger partial charge in [0, 0.05) is 5.02 Å². The van der Waals surface area contributed by atoms with Gasteiger partial charge in [-0.25, -0.2) is 0 Å². The lowest BCUT2D eigenvalue weighted by Crippen LogP contribution is -2.54. The van der Waals surface area contributed by atoms with Gasteiger partial charge in [-0.2, -0.15) is 0 Å². The van der Waals surface area contributed by atoms with Gasteiger partial charge in [-0.15, -0.1) is 0 Å². The maximum atomic E-state index is 12.4. The van der Waals surface area contributed by atoms with Gasteiger partial charge in [0.15, 0.2) is 0 Å². The van der Waals surface area contributed by atoms with Crippen LogP contribution in [-0.2, 0) is 28.4 Å². The number of hydrogen-bond donors (Lipinski definition) is 2. The van der Waals surface area contributed by atoms with Crippen molar-refractivity contribution >= 4 is 54.1 Å². The van der Waals surface area contributed by atoms with Crippen LogP contribution in [0.15, 0.2) is 18.2 Å². The first kappa shape index (κ1) is 24.0. The van der Waals surface area contributed by atoms with Gasteiger partial charge in [-0.3, -0.25) is 19.2 Å². The normalized spacial score (nSPS) is 15.6. The predicted molar refractivity (Wildman–Crippen MR) is 109 cm³/mol. The van der Waals surface area contributed by atoms with Crippen molar-refractivity contribution in [3.8, 4) is 0 Å². The maximum absolute atomic E-state index is 12.4. The minimum atomic E-state index is -1.31. The molecule has 2 N–H and O–H groups in total. The summed E-state index contributed by atoms with van der Waals surface area (Å²) in [6.45, 7) is 2.60. The Hall–Kier alpha value is -2.30. The van der Waals surface area contributed by atoms with Crippen molar-refractivity contribution in [3.63, 3.8) is 0 Å². The van der Waals surface area contributed by atoms with Crippen LogP contribution < -0.4 is 10.6 Å². The highest BCUT2D eigenvalue weighted by atomic mass is 35.5. The quantitative estimate of drug-likeness (QED) is 0.592. The highest BCUT2D eigenvalue weighted by molar-refractivity contribution is 6.51. The van der Waals surface area contributed by atoms with E-state index >= 15 is 0 Å². The Morgan fingerprint density at radius 2 is 1.77 bits per heavy atom. The van der Waals surface area contributed by atoms with Crippen molar-refractivity contribution in [1.29, 1.82) is 0 Å². The van der Waals surface area contributed by atoms with Crippen molar-refractivity contribution in [2.24, 2.45) is 5.92 Å². The van der Waals surface area contributed by atoms with Crippen LogP contribution in [0.25, 0.3) is 0 Å². The van der Waals surface area contributed by atoms with E-state index in [-0.39, 0.29) is 23.0 Å². The lowest BCUT2D eigenvalue weighted by atomic mass is 9.73. The third-order valence-corrected chi connectivity index (χ3v) is 4.48. The first-order valence-corrected chi connectivity index (χ1v) is 9.90. The maximum Gasteiger partial charge on any atom is 0.622 e. The van der Waals surface area contributed by atoms with Crippen LogP contribution in [-0.4, -0.2) is 56.6 Å². The smallest absolute Gasteiger partial charge is 0.496 e. The molecule has 0 aromatic heterocycles. The summed E-state index contributed by atoms with van der Waals surface area (Å²) in [5.74, 6) is -3.33. The molecule has 9 nitrogen and oxygen atoms in total. The molecule has 0 unspecified atom stereocenters. The van der Waals surface area contributed by atoms with E-state index in [9.17, 15) is 19.2 Å². The first-order chi connectivity index (χ1) is 14.2. The average molecular weight is 459 g/mol. The number of halogens is 2. The zero-order valence-electron chi connectivity index (χ0n) is 16.4. The lowest BCUT2D eigenvalue weighted by Gasteiger charge is -2.26. The number of amides is 2. The number of ether oxygens (including phenoxy) is 1. The minimum Gasteiger partial charge on any atom is -0.496 e. The molecule has 1 fully saturated rings. The van der Waals surface area contributed by atoms with Crippen molar-refractivity contribution < 1.29 is 33.2 Å². The molecule has 1 atom stereocenters. The van der Waals surface area contributed by atoms with Crippen molar-refractivity contribution in [2.75, 3.05) is 19.8 Å². The summed E-state index contributed by atoms with van der Waals surface area (Å²) < 4.78 is 15.0. The van der Waals surface area contributed by atoms with E-state index in [1.165, 1.54) is 18.2 Å². The number of carbonyl (C=O) groups excluding carboxylic acids is 4. The molecule has 2 rings (SSSR count). The van der Waals surface area contributed by atoms with Gasteiger partial charge in [0.1, 0.15) is 13.2 Å². The van der Waals surface area contributed by atoms with E-state index in [1.54, 1.807) is 0 Å². The molecule has 2 amide bonds. The molecule has 30 heavy (non-hydrogen) atoms. The lowest BCUT2D eigenvalue weighted by molar-refractivity contribution is -0.153. The van der Waals surface area contributed by atoms with E-state index in [0.29, 0.717) is 11.4 Å². The van der Waals surface area contributed by atoms with E-state index in [2.05, 4.69) is 10.6 Å². The molecule has 0 spiro atoms. The van der Waals surface area contributed by atoms with Crippen LogP contribution >= 0.6 is 23.2 Å². The number of nitrogens with one attached hydrogen (secondary N) is 2. The summed E-state index contributed by atoms with van der Waals surface area (Å²) in [7, 11) is -1.31. The molecule has 1 aliphatic heterocycles. The molecule has 1 saturated heterocycles. The first-order valence-electron chi connectivity index (χ1n) is 9.15. The van der Waals surface area contributed by atoms with Gasteiger partial charge in [0.2, 0.25) is 5.91 Å². The Morgan fingerprint density at radius 3 is 2.37 bits per heavy atom. The Kier molecular flexibility index (Phi) is 8.95. The summed E-state index contributed by atoms with van der Waals surface area (Å²) >= 11 is 11.8. The molecule has 1 aromatic carbocycles. The third-order valence-electron chi connectivity index (χ3n) is 3.92.